The molecule has 15 heavy (non-hydrogen) atoms. The monoisotopic (exact) mass is 213 g/mol. The van der Waals surface area contributed by atoms with Crippen molar-refractivity contribution in [3.8, 4) is 0 Å². The van der Waals surface area contributed by atoms with Crippen molar-refractivity contribution in [3.63, 3.8) is 0 Å². The highest BCUT2D eigenvalue weighted by molar-refractivity contribution is 7.16. The summed E-state index contributed by atoms with van der Waals surface area (Å²) in [5.41, 5.74) is 2.97. The van der Waals surface area contributed by atoms with Crippen LogP contribution < -0.4 is 0 Å². The van der Waals surface area contributed by atoms with Crippen LogP contribution in [0.15, 0.2) is 66.2 Å². The number of benzene rings is 2. The standard InChI is InChI=1S/C7H5NS.C6H6/c1-2-4-7-6(3-1)8-5-9-7;1-2-4-6-5-3-1/h1-5H;1-6H. The maximum atomic E-state index is 4.14. The van der Waals surface area contributed by atoms with Crippen molar-refractivity contribution >= 4 is 21.6 Å². The summed E-state index contributed by atoms with van der Waals surface area (Å²) < 4.78 is 1.26. The maximum absolute atomic E-state index is 4.14. The first-order valence-corrected chi connectivity index (χ1v) is 5.63. The molecule has 0 amide bonds. The molecule has 0 aliphatic rings. The number of hydrogen-bond donors (Lipinski definition) is 0. The van der Waals surface area contributed by atoms with Gasteiger partial charge in [0.25, 0.3) is 0 Å². The average Bonchev–Trinajstić information content (AvgIpc) is 2.80. The summed E-state index contributed by atoms with van der Waals surface area (Å²) in [6.07, 6.45) is 0. The van der Waals surface area contributed by atoms with Crippen LogP contribution in [0.25, 0.3) is 10.2 Å². The van der Waals surface area contributed by atoms with Crippen LogP contribution >= 0.6 is 11.3 Å². The molecule has 0 bridgehead atoms. The number of fused-ring (bicyclic) bond motifs is 1. The quantitative estimate of drug-likeness (QED) is 0.550. The Labute approximate surface area is 93.0 Å². The van der Waals surface area contributed by atoms with E-state index in [0.717, 1.165) is 5.52 Å². The molecule has 2 aromatic carbocycles. The van der Waals surface area contributed by atoms with Crippen LogP contribution in [0.5, 0.6) is 0 Å². The van der Waals surface area contributed by atoms with Crippen molar-refractivity contribution in [1.82, 2.24) is 4.98 Å². The Balaban J connectivity index is 0.000000124. The third-order valence-corrected chi connectivity index (χ3v) is 2.71. The van der Waals surface area contributed by atoms with Crippen molar-refractivity contribution in [2.75, 3.05) is 0 Å². The molecule has 0 saturated heterocycles. The predicted octanol–water partition coefficient (Wildman–Crippen LogP) is 3.98. The van der Waals surface area contributed by atoms with Gasteiger partial charge >= 0.3 is 0 Å². The first kappa shape index (κ1) is 9.87. The third-order valence-electron chi connectivity index (χ3n) is 1.90. The molecule has 3 rings (SSSR count). The fourth-order valence-electron chi connectivity index (χ4n) is 1.19. The second-order valence-corrected chi connectivity index (χ2v) is 3.86. The minimum atomic E-state index is 1.10. The van der Waals surface area contributed by atoms with E-state index in [1.807, 2.05) is 60.1 Å². The molecular formula is C13H11NS. The largest absolute Gasteiger partial charge is 0.245 e. The smallest absolute Gasteiger partial charge is 0.0812 e. The van der Waals surface area contributed by atoms with Crippen LogP contribution in [-0.2, 0) is 0 Å². The van der Waals surface area contributed by atoms with Gasteiger partial charge in [0.15, 0.2) is 0 Å². The molecule has 0 saturated carbocycles. The molecule has 2 heteroatoms. The lowest BCUT2D eigenvalue weighted by atomic mass is 10.3. The third kappa shape index (κ3) is 2.89. The van der Waals surface area contributed by atoms with Gasteiger partial charge < -0.3 is 0 Å². The summed E-state index contributed by atoms with van der Waals surface area (Å²) in [5.74, 6) is 0. The van der Waals surface area contributed by atoms with Crippen LogP contribution in [0.4, 0.5) is 0 Å². The van der Waals surface area contributed by atoms with E-state index in [1.54, 1.807) is 11.3 Å². The van der Waals surface area contributed by atoms with Crippen molar-refractivity contribution in [3.05, 3.63) is 66.2 Å². The molecule has 3 aromatic rings. The molecular weight excluding hydrogens is 202 g/mol. The molecule has 0 fully saturated rings. The van der Waals surface area contributed by atoms with Crippen LogP contribution in [-0.4, -0.2) is 4.98 Å². The minimum absolute atomic E-state index is 1.10. The zero-order valence-corrected chi connectivity index (χ0v) is 9.02. The molecule has 1 nitrogen and oxygen atoms in total. The molecule has 0 spiro atoms. The van der Waals surface area contributed by atoms with Gasteiger partial charge in [-0.15, -0.1) is 11.3 Å². The number of rotatable bonds is 0. The predicted molar refractivity (Wildman–Crippen MR) is 66.1 cm³/mol. The number of nitrogens with zero attached hydrogens (tertiary/aromatic N) is 1. The first-order valence-electron chi connectivity index (χ1n) is 4.75. The fraction of sp³-hybridized carbons (Fsp3) is 0. The molecule has 0 N–H and O–H groups in total. The van der Waals surface area contributed by atoms with Crippen LogP contribution in [0.3, 0.4) is 0 Å². The molecule has 0 radical (unpaired) electrons. The van der Waals surface area contributed by atoms with Gasteiger partial charge in [-0.3, -0.25) is 0 Å². The lowest BCUT2D eigenvalue weighted by Gasteiger charge is -1.80. The highest BCUT2D eigenvalue weighted by Crippen LogP contribution is 2.15. The van der Waals surface area contributed by atoms with Crippen molar-refractivity contribution in [2.24, 2.45) is 0 Å². The minimum Gasteiger partial charge on any atom is -0.245 e. The summed E-state index contributed by atoms with van der Waals surface area (Å²) in [4.78, 5) is 4.14. The highest BCUT2D eigenvalue weighted by Gasteiger charge is 1.89. The molecule has 0 unspecified atom stereocenters. The van der Waals surface area contributed by atoms with E-state index in [9.17, 15) is 0 Å². The summed E-state index contributed by atoms with van der Waals surface area (Å²) in [6.45, 7) is 0. The van der Waals surface area contributed by atoms with Crippen LogP contribution in [0.2, 0.25) is 0 Å². The van der Waals surface area contributed by atoms with Gasteiger partial charge in [-0.2, -0.15) is 0 Å². The summed E-state index contributed by atoms with van der Waals surface area (Å²) in [7, 11) is 0. The van der Waals surface area contributed by atoms with Crippen molar-refractivity contribution < 1.29 is 0 Å². The molecule has 74 valence electrons. The number of thiazole rings is 1. The molecule has 0 atom stereocenters. The van der Waals surface area contributed by atoms with E-state index in [-0.39, 0.29) is 0 Å². The maximum Gasteiger partial charge on any atom is 0.0812 e. The Morgan fingerprint density at radius 2 is 1.33 bits per heavy atom. The summed E-state index contributed by atoms with van der Waals surface area (Å²) >= 11 is 1.68. The van der Waals surface area contributed by atoms with Gasteiger partial charge in [-0.05, 0) is 12.1 Å². The number of hydrogen-bond acceptors (Lipinski definition) is 2. The SMILES string of the molecule is c1ccc2scnc2c1.c1ccccc1. The Morgan fingerprint density at radius 3 is 1.93 bits per heavy atom. The van der Waals surface area contributed by atoms with Gasteiger partial charge in [0, 0.05) is 0 Å². The van der Waals surface area contributed by atoms with E-state index in [0.29, 0.717) is 0 Å². The Bertz CT molecular complexity index is 445. The molecule has 1 aromatic heterocycles. The van der Waals surface area contributed by atoms with Gasteiger partial charge in [0.1, 0.15) is 0 Å². The average molecular weight is 213 g/mol. The number of aromatic nitrogens is 1. The highest BCUT2D eigenvalue weighted by atomic mass is 32.1. The fourth-order valence-corrected chi connectivity index (χ4v) is 1.87. The van der Waals surface area contributed by atoms with Gasteiger partial charge in [0.05, 0.1) is 15.7 Å². The first-order chi connectivity index (χ1) is 7.47. The Morgan fingerprint density at radius 1 is 0.733 bits per heavy atom. The lowest BCUT2D eigenvalue weighted by molar-refractivity contribution is 1.50. The van der Waals surface area contributed by atoms with E-state index >= 15 is 0 Å². The van der Waals surface area contributed by atoms with Crippen LogP contribution in [0.1, 0.15) is 0 Å². The van der Waals surface area contributed by atoms with E-state index < -0.39 is 0 Å². The molecule has 0 aliphatic carbocycles. The molecule has 1 heterocycles. The van der Waals surface area contributed by atoms with E-state index in [4.69, 9.17) is 0 Å². The molecule has 0 aliphatic heterocycles. The normalized spacial score (nSPS) is 9.33. The zero-order chi connectivity index (χ0) is 10.3. The summed E-state index contributed by atoms with van der Waals surface area (Å²) in [5, 5.41) is 0. The second kappa shape index (κ2) is 5.27. The lowest BCUT2D eigenvalue weighted by Crippen LogP contribution is -1.61. The van der Waals surface area contributed by atoms with E-state index in [1.165, 1.54) is 4.70 Å². The van der Waals surface area contributed by atoms with Gasteiger partial charge in [-0.25, -0.2) is 4.98 Å². The number of para-hydroxylation sites is 1. The zero-order valence-electron chi connectivity index (χ0n) is 8.21. The van der Waals surface area contributed by atoms with E-state index in [2.05, 4.69) is 11.1 Å². The topological polar surface area (TPSA) is 12.9 Å². The van der Waals surface area contributed by atoms with Gasteiger partial charge in [-0.1, -0.05) is 48.5 Å². The van der Waals surface area contributed by atoms with Crippen molar-refractivity contribution in [2.45, 2.75) is 0 Å². The Kier molecular flexibility index (Phi) is 3.47. The Hall–Kier alpha value is -1.67. The van der Waals surface area contributed by atoms with Crippen LogP contribution in [0, 0.1) is 0 Å². The summed E-state index contributed by atoms with van der Waals surface area (Å²) in [6, 6.07) is 20.1. The van der Waals surface area contributed by atoms with Gasteiger partial charge in [0.2, 0.25) is 0 Å². The van der Waals surface area contributed by atoms with Crippen molar-refractivity contribution in [1.29, 1.82) is 0 Å². The second-order valence-electron chi connectivity index (χ2n) is 2.97.